The summed E-state index contributed by atoms with van der Waals surface area (Å²) < 4.78 is 2.15. The van der Waals surface area contributed by atoms with Gasteiger partial charge in [0.2, 0.25) is 0 Å². The fraction of sp³-hybridized carbons (Fsp3) is 0.500. The van der Waals surface area contributed by atoms with Crippen molar-refractivity contribution in [1.29, 1.82) is 0 Å². The Morgan fingerprint density at radius 2 is 2.07 bits per heavy atom. The average Bonchev–Trinajstić information content (AvgIpc) is 3.38. The van der Waals surface area contributed by atoms with Crippen LogP contribution in [0.25, 0.3) is 0 Å². The molecule has 0 spiro atoms. The van der Waals surface area contributed by atoms with E-state index >= 15 is 0 Å². The minimum absolute atomic E-state index is 0.344. The lowest BCUT2D eigenvalue weighted by molar-refractivity contribution is 0.243. The normalized spacial score (nSPS) is 17.4. The minimum Gasteiger partial charge on any atom is -0.316 e. The van der Waals surface area contributed by atoms with Gasteiger partial charge in [-0.1, -0.05) is 6.07 Å². The van der Waals surface area contributed by atoms with Crippen molar-refractivity contribution >= 4 is 22.3 Å². The molecule has 1 N–H and O–H groups in total. The number of pyridine rings is 1. The number of aryl methyl sites for hydroxylation is 2. The molecular weight excluding hydrogens is 380 g/mol. The van der Waals surface area contributed by atoms with Gasteiger partial charge in [0.15, 0.2) is 5.13 Å². The van der Waals surface area contributed by atoms with Gasteiger partial charge in [0, 0.05) is 34.9 Å². The van der Waals surface area contributed by atoms with Crippen LogP contribution in [0.4, 0.5) is 10.9 Å². The number of aromatic nitrogens is 4. The Labute approximate surface area is 177 Å². The number of rotatable bonds is 6. The van der Waals surface area contributed by atoms with Gasteiger partial charge >= 0.3 is 0 Å². The topological polar surface area (TPSA) is 58.9 Å². The van der Waals surface area contributed by atoms with Crippen LogP contribution in [0.2, 0.25) is 0 Å². The number of nitrogens with one attached hydrogen (secondary N) is 1. The Hall–Kier alpha value is -2.25. The standard InChI is InChI=1S/C22H30N6S/c1-14(2)28-17(5)18(16(4)26-28)13-27-11-7-9-20(27)19-8-6-10-21(24-19)25-22-23-12-15(3)29-22/h6,8,10,12,14,20H,7,9,11,13H2,1-5H3,(H,23,24,25)/t20-/m0/s1. The van der Waals surface area contributed by atoms with Gasteiger partial charge in [-0.3, -0.25) is 9.58 Å². The number of hydrogen-bond donors (Lipinski definition) is 1. The van der Waals surface area contributed by atoms with E-state index in [4.69, 9.17) is 10.1 Å². The molecular formula is C22H30N6S. The summed E-state index contributed by atoms with van der Waals surface area (Å²) in [5, 5.41) is 9.01. The lowest BCUT2D eigenvalue weighted by Crippen LogP contribution is -2.24. The Bertz CT molecular complexity index is 989. The first-order chi connectivity index (χ1) is 13.9. The van der Waals surface area contributed by atoms with E-state index in [-0.39, 0.29) is 0 Å². The summed E-state index contributed by atoms with van der Waals surface area (Å²) in [4.78, 5) is 13.1. The summed E-state index contributed by atoms with van der Waals surface area (Å²) in [6.07, 6.45) is 4.23. The van der Waals surface area contributed by atoms with Crippen molar-refractivity contribution in [3.63, 3.8) is 0 Å². The van der Waals surface area contributed by atoms with Gasteiger partial charge in [-0.05, 0) is 66.1 Å². The fourth-order valence-corrected chi connectivity index (χ4v) is 4.88. The SMILES string of the molecule is Cc1cnc(Nc2cccc([C@@H]3CCCN3Cc3c(C)nn(C(C)C)c3C)n2)s1. The summed E-state index contributed by atoms with van der Waals surface area (Å²) in [5.74, 6) is 0.865. The third-order valence-corrected chi connectivity index (χ3v) is 6.49. The molecule has 0 radical (unpaired) electrons. The zero-order valence-corrected chi connectivity index (χ0v) is 18.8. The summed E-state index contributed by atoms with van der Waals surface area (Å²) in [7, 11) is 0. The van der Waals surface area contributed by atoms with Crippen molar-refractivity contribution in [3.8, 4) is 0 Å². The van der Waals surface area contributed by atoms with Crippen molar-refractivity contribution in [3.05, 3.63) is 51.9 Å². The van der Waals surface area contributed by atoms with Crippen molar-refractivity contribution in [2.75, 3.05) is 11.9 Å². The van der Waals surface area contributed by atoms with Crippen LogP contribution in [0.1, 0.15) is 66.3 Å². The number of anilines is 2. The molecule has 0 bridgehead atoms. The maximum absolute atomic E-state index is 4.92. The number of nitrogens with zero attached hydrogens (tertiary/aromatic N) is 5. The predicted molar refractivity (Wildman–Crippen MR) is 119 cm³/mol. The van der Waals surface area contributed by atoms with Gasteiger partial charge in [-0.2, -0.15) is 5.10 Å². The van der Waals surface area contributed by atoms with E-state index in [0.29, 0.717) is 12.1 Å². The van der Waals surface area contributed by atoms with Crippen LogP contribution in [0.5, 0.6) is 0 Å². The molecule has 6 nitrogen and oxygen atoms in total. The van der Waals surface area contributed by atoms with E-state index in [2.05, 4.69) is 66.6 Å². The van der Waals surface area contributed by atoms with E-state index < -0.39 is 0 Å². The smallest absolute Gasteiger partial charge is 0.188 e. The van der Waals surface area contributed by atoms with Crippen LogP contribution in [-0.4, -0.2) is 31.2 Å². The Morgan fingerprint density at radius 1 is 1.24 bits per heavy atom. The quantitative estimate of drug-likeness (QED) is 0.596. The molecule has 1 aliphatic rings. The largest absolute Gasteiger partial charge is 0.316 e. The molecule has 154 valence electrons. The van der Waals surface area contributed by atoms with Gasteiger partial charge in [-0.25, -0.2) is 9.97 Å². The second kappa shape index (κ2) is 8.24. The molecule has 0 aromatic carbocycles. The third-order valence-electron chi connectivity index (χ3n) is 5.66. The highest BCUT2D eigenvalue weighted by atomic mass is 32.1. The van der Waals surface area contributed by atoms with Crippen LogP contribution >= 0.6 is 11.3 Å². The van der Waals surface area contributed by atoms with Crippen molar-refractivity contribution in [1.82, 2.24) is 24.6 Å². The summed E-state index contributed by atoms with van der Waals surface area (Å²) in [5.41, 5.74) is 4.92. The first kappa shape index (κ1) is 20.0. The zero-order chi connectivity index (χ0) is 20.5. The molecule has 3 aromatic rings. The maximum Gasteiger partial charge on any atom is 0.188 e. The van der Waals surface area contributed by atoms with E-state index in [1.54, 1.807) is 11.3 Å². The summed E-state index contributed by atoms with van der Waals surface area (Å²) in [6, 6.07) is 6.99. The highest BCUT2D eigenvalue weighted by Gasteiger charge is 2.29. The van der Waals surface area contributed by atoms with Crippen molar-refractivity contribution in [2.45, 2.75) is 66.1 Å². The molecule has 4 rings (SSSR count). The van der Waals surface area contributed by atoms with E-state index in [0.717, 1.165) is 41.8 Å². The van der Waals surface area contributed by atoms with Gasteiger partial charge < -0.3 is 5.32 Å². The van der Waals surface area contributed by atoms with E-state index in [9.17, 15) is 0 Å². The van der Waals surface area contributed by atoms with Gasteiger partial charge in [0.05, 0.1) is 17.4 Å². The summed E-state index contributed by atoms with van der Waals surface area (Å²) >= 11 is 1.65. The van der Waals surface area contributed by atoms with E-state index in [1.807, 2.05) is 12.3 Å². The molecule has 0 unspecified atom stereocenters. The molecule has 7 heteroatoms. The lowest BCUT2D eigenvalue weighted by Gasteiger charge is -2.24. The maximum atomic E-state index is 4.92. The highest BCUT2D eigenvalue weighted by Crippen LogP contribution is 2.34. The molecule has 1 saturated heterocycles. The molecule has 1 fully saturated rings. The van der Waals surface area contributed by atoms with Gasteiger partial charge in [-0.15, -0.1) is 11.3 Å². The van der Waals surface area contributed by atoms with Crippen LogP contribution < -0.4 is 5.32 Å². The Balaban J connectivity index is 1.54. The second-order valence-corrected chi connectivity index (χ2v) is 9.40. The third kappa shape index (κ3) is 4.21. The molecule has 3 aromatic heterocycles. The average molecular weight is 411 g/mol. The van der Waals surface area contributed by atoms with Crippen LogP contribution in [0, 0.1) is 20.8 Å². The highest BCUT2D eigenvalue weighted by molar-refractivity contribution is 7.15. The first-order valence-electron chi connectivity index (χ1n) is 10.4. The number of hydrogen-bond acceptors (Lipinski definition) is 6. The van der Waals surface area contributed by atoms with Crippen LogP contribution in [0.15, 0.2) is 24.4 Å². The van der Waals surface area contributed by atoms with Crippen LogP contribution in [-0.2, 0) is 6.54 Å². The summed E-state index contributed by atoms with van der Waals surface area (Å²) in [6.45, 7) is 12.8. The second-order valence-electron chi connectivity index (χ2n) is 8.16. The number of likely N-dealkylation sites (tertiary alicyclic amines) is 1. The monoisotopic (exact) mass is 410 g/mol. The zero-order valence-electron chi connectivity index (χ0n) is 17.9. The number of thiazole rings is 1. The minimum atomic E-state index is 0.344. The molecule has 1 atom stereocenters. The Morgan fingerprint density at radius 3 is 2.76 bits per heavy atom. The van der Waals surface area contributed by atoms with Gasteiger partial charge in [0.1, 0.15) is 5.82 Å². The van der Waals surface area contributed by atoms with E-state index in [1.165, 1.54) is 22.6 Å². The molecule has 0 saturated carbocycles. The fourth-order valence-electron chi connectivity index (χ4n) is 4.21. The lowest BCUT2D eigenvalue weighted by atomic mass is 10.1. The first-order valence-corrected chi connectivity index (χ1v) is 11.2. The van der Waals surface area contributed by atoms with Crippen molar-refractivity contribution in [2.24, 2.45) is 0 Å². The molecule has 4 heterocycles. The Kier molecular flexibility index (Phi) is 5.69. The molecule has 0 amide bonds. The molecule has 1 aliphatic heterocycles. The molecule has 0 aliphatic carbocycles. The predicted octanol–water partition coefficient (Wildman–Crippen LogP) is 5.32. The van der Waals surface area contributed by atoms with Crippen molar-refractivity contribution < 1.29 is 0 Å². The van der Waals surface area contributed by atoms with Gasteiger partial charge in [0.25, 0.3) is 0 Å². The molecule has 29 heavy (non-hydrogen) atoms. The van der Waals surface area contributed by atoms with Crippen LogP contribution in [0.3, 0.4) is 0 Å².